The number of rotatable bonds is 7. The van der Waals surface area contributed by atoms with Gasteiger partial charge in [-0.25, -0.2) is 0 Å². The number of benzene rings is 2. The van der Waals surface area contributed by atoms with Gasteiger partial charge in [0.1, 0.15) is 5.75 Å². The third kappa shape index (κ3) is 4.79. The van der Waals surface area contributed by atoms with Crippen molar-refractivity contribution in [1.82, 2.24) is 5.32 Å². The molecule has 0 bridgehead atoms. The molecule has 0 heterocycles. The van der Waals surface area contributed by atoms with Gasteiger partial charge in [0.15, 0.2) is 18.1 Å². The van der Waals surface area contributed by atoms with Crippen LogP contribution < -0.4 is 19.5 Å². The average Bonchev–Trinajstić information content (AvgIpc) is 2.58. The molecule has 0 aromatic heterocycles. The van der Waals surface area contributed by atoms with E-state index >= 15 is 0 Å². The molecule has 1 N–H and O–H groups in total. The smallest absolute Gasteiger partial charge is 0.258 e. The zero-order valence-corrected chi connectivity index (χ0v) is 13.7. The van der Waals surface area contributed by atoms with Crippen LogP contribution in [0.15, 0.2) is 42.5 Å². The van der Waals surface area contributed by atoms with E-state index in [0.717, 1.165) is 5.56 Å². The lowest BCUT2D eigenvalue weighted by molar-refractivity contribution is -0.123. The van der Waals surface area contributed by atoms with E-state index in [9.17, 15) is 4.79 Å². The molecule has 2 rings (SSSR count). The van der Waals surface area contributed by atoms with E-state index in [-0.39, 0.29) is 12.5 Å². The van der Waals surface area contributed by atoms with Crippen LogP contribution in [-0.4, -0.2) is 26.7 Å². The van der Waals surface area contributed by atoms with Crippen LogP contribution in [0.4, 0.5) is 0 Å². The first-order valence-electron chi connectivity index (χ1n) is 6.99. The van der Waals surface area contributed by atoms with E-state index in [1.807, 2.05) is 12.1 Å². The highest BCUT2D eigenvalue weighted by atomic mass is 35.5. The van der Waals surface area contributed by atoms with E-state index in [2.05, 4.69) is 5.32 Å². The number of hydrogen-bond acceptors (Lipinski definition) is 4. The van der Waals surface area contributed by atoms with Gasteiger partial charge in [-0.3, -0.25) is 4.79 Å². The molecule has 2 aromatic rings. The quantitative estimate of drug-likeness (QED) is 0.845. The Bertz CT molecular complexity index is 675. The van der Waals surface area contributed by atoms with Crippen molar-refractivity contribution < 1.29 is 19.0 Å². The van der Waals surface area contributed by atoms with Gasteiger partial charge < -0.3 is 19.5 Å². The van der Waals surface area contributed by atoms with Crippen LogP contribution in [0.3, 0.4) is 0 Å². The number of nitrogens with one attached hydrogen (secondary N) is 1. The molecule has 2 aromatic carbocycles. The van der Waals surface area contributed by atoms with Gasteiger partial charge in [-0.05, 0) is 30.3 Å². The molecular formula is C17H18ClNO4. The first kappa shape index (κ1) is 17.0. The minimum atomic E-state index is -0.252. The van der Waals surface area contributed by atoms with Gasteiger partial charge >= 0.3 is 0 Å². The minimum absolute atomic E-state index is 0.108. The molecule has 1 amide bonds. The summed E-state index contributed by atoms with van der Waals surface area (Å²) in [6.07, 6.45) is 0. The maximum absolute atomic E-state index is 11.9. The number of hydrogen-bond donors (Lipinski definition) is 1. The molecule has 6 heteroatoms. The lowest BCUT2D eigenvalue weighted by Crippen LogP contribution is -2.28. The fraction of sp³-hybridized carbons (Fsp3) is 0.235. The summed E-state index contributed by atoms with van der Waals surface area (Å²) < 4.78 is 15.9. The van der Waals surface area contributed by atoms with Crippen molar-refractivity contribution in [3.05, 3.63) is 53.1 Å². The second-order valence-electron chi connectivity index (χ2n) is 4.67. The van der Waals surface area contributed by atoms with E-state index in [1.54, 1.807) is 44.6 Å². The highest BCUT2D eigenvalue weighted by molar-refractivity contribution is 6.30. The number of halogens is 1. The topological polar surface area (TPSA) is 56.8 Å². The lowest BCUT2D eigenvalue weighted by Gasteiger charge is -2.12. The summed E-state index contributed by atoms with van der Waals surface area (Å²) >= 11 is 5.96. The van der Waals surface area contributed by atoms with Crippen molar-refractivity contribution in [3.8, 4) is 17.2 Å². The van der Waals surface area contributed by atoms with Crippen LogP contribution >= 0.6 is 11.6 Å². The maximum atomic E-state index is 11.9. The van der Waals surface area contributed by atoms with Crippen molar-refractivity contribution in [2.24, 2.45) is 0 Å². The molecule has 23 heavy (non-hydrogen) atoms. The molecule has 0 aliphatic heterocycles. The van der Waals surface area contributed by atoms with Crippen molar-refractivity contribution in [1.29, 1.82) is 0 Å². The minimum Gasteiger partial charge on any atom is -0.496 e. The van der Waals surface area contributed by atoms with Gasteiger partial charge in [0.25, 0.3) is 5.91 Å². The Hall–Kier alpha value is -2.40. The number of carbonyl (C=O) groups is 1. The summed E-state index contributed by atoms with van der Waals surface area (Å²) in [6, 6.07) is 12.4. The second kappa shape index (κ2) is 8.29. The predicted molar refractivity (Wildman–Crippen MR) is 88.3 cm³/mol. The fourth-order valence-electron chi connectivity index (χ4n) is 2.01. The Kier molecular flexibility index (Phi) is 6.11. The molecule has 0 saturated heterocycles. The number of methoxy groups -OCH3 is 2. The summed E-state index contributed by atoms with van der Waals surface area (Å²) in [5, 5.41) is 3.35. The Labute approximate surface area is 140 Å². The van der Waals surface area contributed by atoms with Crippen molar-refractivity contribution >= 4 is 17.5 Å². The number of amides is 1. The van der Waals surface area contributed by atoms with Crippen molar-refractivity contribution in [2.45, 2.75) is 6.54 Å². The van der Waals surface area contributed by atoms with Gasteiger partial charge in [-0.2, -0.15) is 0 Å². The van der Waals surface area contributed by atoms with Crippen LogP contribution in [0.25, 0.3) is 0 Å². The fourth-order valence-corrected chi connectivity index (χ4v) is 2.21. The molecule has 122 valence electrons. The van der Waals surface area contributed by atoms with Crippen LogP contribution in [0.2, 0.25) is 5.02 Å². The molecule has 0 saturated carbocycles. The summed E-state index contributed by atoms with van der Waals surface area (Å²) in [5.41, 5.74) is 0.797. The van der Waals surface area contributed by atoms with Gasteiger partial charge in [-0.15, -0.1) is 0 Å². The summed E-state index contributed by atoms with van der Waals surface area (Å²) in [4.78, 5) is 11.9. The van der Waals surface area contributed by atoms with E-state index in [4.69, 9.17) is 25.8 Å². The monoisotopic (exact) mass is 335 g/mol. The van der Waals surface area contributed by atoms with E-state index < -0.39 is 0 Å². The Morgan fingerprint density at radius 2 is 1.74 bits per heavy atom. The summed E-state index contributed by atoms with van der Waals surface area (Å²) in [6.45, 7) is 0.196. The van der Waals surface area contributed by atoms with Crippen LogP contribution in [0, 0.1) is 0 Å². The Morgan fingerprint density at radius 3 is 2.43 bits per heavy atom. The van der Waals surface area contributed by atoms with Gasteiger partial charge in [-0.1, -0.05) is 23.7 Å². The Balaban J connectivity index is 1.89. The van der Waals surface area contributed by atoms with Crippen LogP contribution in [0.1, 0.15) is 5.56 Å². The summed E-state index contributed by atoms with van der Waals surface area (Å²) in [5.74, 6) is 1.51. The van der Waals surface area contributed by atoms with Crippen LogP contribution in [-0.2, 0) is 11.3 Å². The first-order chi connectivity index (χ1) is 11.1. The highest BCUT2D eigenvalue weighted by Gasteiger charge is 2.09. The molecule has 0 radical (unpaired) electrons. The number of carbonyl (C=O) groups excluding carboxylic acids is 1. The van der Waals surface area contributed by atoms with E-state index in [1.165, 1.54) is 0 Å². The SMILES string of the molecule is COc1ccc(Cl)cc1CNC(=O)COc1ccccc1OC. The lowest BCUT2D eigenvalue weighted by atomic mass is 10.2. The van der Waals surface area contributed by atoms with E-state index in [0.29, 0.717) is 28.8 Å². The number of para-hydroxylation sites is 2. The first-order valence-corrected chi connectivity index (χ1v) is 7.36. The second-order valence-corrected chi connectivity index (χ2v) is 5.11. The predicted octanol–water partition coefficient (Wildman–Crippen LogP) is 3.05. The Morgan fingerprint density at radius 1 is 1.04 bits per heavy atom. The zero-order valence-electron chi connectivity index (χ0n) is 13.0. The maximum Gasteiger partial charge on any atom is 0.258 e. The molecule has 0 aliphatic carbocycles. The normalized spacial score (nSPS) is 10.0. The third-order valence-electron chi connectivity index (χ3n) is 3.15. The average molecular weight is 336 g/mol. The van der Waals surface area contributed by atoms with Crippen molar-refractivity contribution in [2.75, 3.05) is 20.8 Å². The largest absolute Gasteiger partial charge is 0.496 e. The molecular weight excluding hydrogens is 318 g/mol. The molecule has 0 fully saturated rings. The van der Waals surface area contributed by atoms with Crippen molar-refractivity contribution in [3.63, 3.8) is 0 Å². The van der Waals surface area contributed by atoms with Gasteiger partial charge in [0.2, 0.25) is 0 Å². The molecule has 0 atom stereocenters. The van der Waals surface area contributed by atoms with Crippen LogP contribution in [0.5, 0.6) is 17.2 Å². The van der Waals surface area contributed by atoms with Gasteiger partial charge in [0, 0.05) is 17.1 Å². The standard InChI is InChI=1S/C17H18ClNO4/c1-21-14-8-7-13(18)9-12(14)10-19-17(20)11-23-16-6-4-3-5-15(16)22-2/h3-9H,10-11H2,1-2H3,(H,19,20). The molecule has 0 spiro atoms. The molecule has 0 aliphatic rings. The zero-order chi connectivity index (χ0) is 16.7. The molecule has 0 unspecified atom stereocenters. The summed E-state index contributed by atoms with van der Waals surface area (Å²) in [7, 11) is 3.12. The highest BCUT2D eigenvalue weighted by Crippen LogP contribution is 2.25. The molecule has 5 nitrogen and oxygen atoms in total. The van der Waals surface area contributed by atoms with Gasteiger partial charge in [0.05, 0.1) is 14.2 Å². The third-order valence-corrected chi connectivity index (χ3v) is 3.38. The number of ether oxygens (including phenoxy) is 3.